The number of benzene rings is 1. The van der Waals surface area contributed by atoms with Crippen LogP contribution in [0.4, 0.5) is 5.69 Å². The molecule has 2 rings (SSSR count). The summed E-state index contributed by atoms with van der Waals surface area (Å²) in [6.45, 7) is 3.75. The van der Waals surface area contributed by atoms with E-state index >= 15 is 0 Å². The molecule has 0 saturated heterocycles. The molecule has 0 fully saturated rings. The monoisotopic (exact) mass is 352 g/mol. The van der Waals surface area contributed by atoms with E-state index < -0.39 is 15.9 Å². The molecule has 2 aromatic rings. The number of carbonyl (C=O) groups is 1. The maximum Gasteiger partial charge on any atom is 0.277 e. The first-order valence-electron chi connectivity index (χ1n) is 7.44. The molecule has 1 aromatic heterocycles. The standard InChI is InChI=1S/C15H20N4O4S/c1-3-10(2)19-24(21,22)12-6-4-5-11(7-12)17-15(20)13-9-23-14(8-16)18-13/h4-7,9-10,19H,3,8,16H2,1-2H3,(H,17,20). The van der Waals surface area contributed by atoms with Crippen LogP contribution in [0.3, 0.4) is 0 Å². The van der Waals surface area contributed by atoms with Crippen LogP contribution in [0.2, 0.25) is 0 Å². The lowest BCUT2D eigenvalue weighted by Gasteiger charge is -2.13. The van der Waals surface area contributed by atoms with Gasteiger partial charge in [-0.3, -0.25) is 4.79 Å². The summed E-state index contributed by atoms with van der Waals surface area (Å²) in [6, 6.07) is 5.80. The molecule has 0 spiro atoms. The fourth-order valence-electron chi connectivity index (χ4n) is 1.86. The predicted molar refractivity (Wildman–Crippen MR) is 88.9 cm³/mol. The van der Waals surface area contributed by atoms with Crippen molar-refractivity contribution >= 4 is 21.6 Å². The van der Waals surface area contributed by atoms with Crippen molar-refractivity contribution in [3.05, 3.63) is 42.1 Å². The SMILES string of the molecule is CCC(C)NS(=O)(=O)c1cccc(NC(=O)c2coc(CN)n2)c1. The molecule has 4 N–H and O–H groups in total. The number of nitrogens with one attached hydrogen (secondary N) is 2. The Hall–Kier alpha value is -2.23. The average molecular weight is 352 g/mol. The van der Waals surface area contributed by atoms with E-state index in [0.717, 1.165) is 0 Å². The van der Waals surface area contributed by atoms with Crippen molar-refractivity contribution in [2.45, 2.75) is 37.8 Å². The molecule has 130 valence electrons. The number of hydrogen-bond donors (Lipinski definition) is 3. The fourth-order valence-corrected chi connectivity index (χ4v) is 3.23. The molecule has 0 saturated carbocycles. The van der Waals surface area contributed by atoms with Gasteiger partial charge in [-0.2, -0.15) is 0 Å². The first-order chi connectivity index (χ1) is 11.4. The normalized spacial score (nSPS) is 12.8. The molecule has 1 heterocycles. The Bertz CT molecular complexity index is 816. The van der Waals surface area contributed by atoms with Gasteiger partial charge in [-0.05, 0) is 31.5 Å². The summed E-state index contributed by atoms with van der Waals surface area (Å²) in [5.41, 5.74) is 5.78. The molecule has 0 aliphatic heterocycles. The van der Waals surface area contributed by atoms with Crippen LogP contribution < -0.4 is 15.8 Å². The van der Waals surface area contributed by atoms with Crippen molar-refractivity contribution in [3.8, 4) is 0 Å². The van der Waals surface area contributed by atoms with Crippen molar-refractivity contribution < 1.29 is 17.6 Å². The summed E-state index contributed by atoms with van der Waals surface area (Å²) in [5, 5.41) is 2.58. The van der Waals surface area contributed by atoms with Crippen molar-refractivity contribution in [1.82, 2.24) is 9.71 Å². The van der Waals surface area contributed by atoms with Crippen LogP contribution in [0.15, 0.2) is 39.8 Å². The number of aromatic nitrogens is 1. The Morgan fingerprint density at radius 3 is 2.79 bits per heavy atom. The number of hydrogen-bond acceptors (Lipinski definition) is 6. The van der Waals surface area contributed by atoms with E-state index in [9.17, 15) is 13.2 Å². The number of carbonyl (C=O) groups excluding carboxylic acids is 1. The lowest BCUT2D eigenvalue weighted by molar-refractivity contribution is 0.102. The Labute approximate surface area is 140 Å². The summed E-state index contributed by atoms with van der Waals surface area (Å²) in [5.74, 6) is -0.267. The Balaban J connectivity index is 2.16. The summed E-state index contributed by atoms with van der Waals surface area (Å²) in [7, 11) is -3.65. The van der Waals surface area contributed by atoms with E-state index in [4.69, 9.17) is 10.2 Å². The van der Waals surface area contributed by atoms with Gasteiger partial charge in [0.2, 0.25) is 15.9 Å². The lowest BCUT2D eigenvalue weighted by atomic mass is 10.3. The summed E-state index contributed by atoms with van der Waals surface area (Å²) in [4.78, 5) is 16.1. The molecular formula is C15H20N4O4S. The van der Waals surface area contributed by atoms with Gasteiger partial charge in [-0.15, -0.1) is 0 Å². The van der Waals surface area contributed by atoms with E-state index in [1.807, 2.05) is 6.92 Å². The molecule has 0 radical (unpaired) electrons. The van der Waals surface area contributed by atoms with Crippen molar-refractivity contribution in [3.63, 3.8) is 0 Å². The topological polar surface area (TPSA) is 127 Å². The molecule has 8 nitrogen and oxygen atoms in total. The third-order valence-corrected chi connectivity index (χ3v) is 4.92. The maximum atomic E-state index is 12.3. The quantitative estimate of drug-likeness (QED) is 0.692. The van der Waals surface area contributed by atoms with E-state index in [-0.39, 0.29) is 29.1 Å². The molecule has 1 atom stereocenters. The number of oxazole rings is 1. The third kappa shape index (κ3) is 4.40. The lowest BCUT2D eigenvalue weighted by Crippen LogP contribution is -2.32. The smallest absolute Gasteiger partial charge is 0.277 e. The highest BCUT2D eigenvalue weighted by Gasteiger charge is 2.18. The van der Waals surface area contributed by atoms with Gasteiger partial charge in [0.1, 0.15) is 6.26 Å². The van der Waals surface area contributed by atoms with Crippen molar-refractivity contribution in [2.75, 3.05) is 5.32 Å². The number of anilines is 1. The number of nitrogens with two attached hydrogens (primary N) is 1. The fraction of sp³-hybridized carbons (Fsp3) is 0.333. The molecule has 24 heavy (non-hydrogen) atoms. The summed E-state index contributed by atoms with van der Waals surface area (Å²) in [6.07, 6.45) is 1.87. The molecular weight excluding hydrogens is 332 g/mol. The Morgan fingerprint density at radius 1 is 1.42 bits per heavy atom. The van der Waals surface area contributed by atoms with Crippen LogP contribution in [0, 0.1) is 0 Å². The van der Waals surface area contributed by atoms with Crippen LogP contribution in [-0.4, -0.2) is 25.4 Å². The second-order valence-electron chi connectivity index (χ2n) is 5.24. The second kappa shape index (κ2) is 7.56. The number of nitrogens with zero attached hydrogens (tertiary/aromatic N) is 1. The van der Waals surface area contributed by atoms with Gasteiger partial charge in [-0.1, -0.05) is 13.0 Å². The molecule has 1 aromatic carbocycles. The first-order valence-corrected chi connectivity index (χ1v) is 8.92. The predicted octanol–water partition coefficient (Wildman–Crippen LogP) is 1.46. The molecule has 1 amide bonds. The molecule has 0 aliphatic carbocycles. The van der Waals surface area contributed by atoms with Gasteiger partial charge in [0.15, 0.2) is 5.69 Å². The van der Waals surface area contributed by atoms with E-state index in [1.165, 1.54) is 18.4 Å². The highest BCUT2D eigenvalue weighted by atomic mass is 32.2. The van der Waals surface area contributed by atoms with Crippen LogP contribution in [0.25, 0.3) is 0 Å². The van der Waals surface area contributed by atoms with Gasteiger partial charge in [-0.25, -0.2) is 18.1 Å². The van der Waals surface area contributed by atoms with Crippen LogP contribution in [-0.2, 0) is 16.6 Å². The van der Waals surface area contributed by atoms with Gasteiger partial charge >= 0.3 is 0 Å². The Morgan fingerprint density at radius 2 is 2.17 bits per heavy atom. The van der Waals surface area contributed by atoms with Crippen molar-refractivity contribution in [2.24, 2.45) is 5.73 Å². The number of amides is 1. The van der Waals surface area contributed by atoms with E-state index in [0.29, 0.717) is 12.1 Å². The highest BCUT2D eigenvalue weighted by molar-refractivity contribution is 7.89. The van der Waals surface area contributed by atoms with Gasteiger partial charge in [0.05, 0.1) is 11.4 Å². The molecule has 0 bridgehead atoms. The molecule has 9 heteroatoms. The summed E-state index contributed by atoms with van der Waals surface area (Å²) < 4.78 is 32.1. The zero-order valence-electron chi connectivity index (χ0n) is 13.4. The van der Waals surface area contributed by atoms with Crippen molar-refractivity contribution in [1.29, 1.82) is 0 Å². The van der Waals surface area contributed by atoms with E-state index in [1.54, 1.807) is 19.1 Å². The third-order valence-electron chi connectivity index (χ3n) is 3.33. The minimum Gasteiger partial charge on any atom is -0.447 e. The summed E-state index contributed by atoms with van der Waals surface area (Å²) >= 11 is 0. The van der Waals surface area contributed by atoms with Crippen LogP contribution >= 0.6 is 0 Å². The van der Waals surface area contributed by atoms with Gasteiger partial charge in [0, 0.05) is 11.7 Å². The zero-order valence-corrected chi connectivity index (χ0v) is 14.3. The van der Waals surface area contributed by atoms with Crippen LogP contribution in [0.1, 0.15) is 36.6 Å². The second-order valence-corrected chi connectivity index (χ2v) is 6.96. The zero-order chi connectivity index (χ0) is 17.7. The Kier molecular flexibility index (Phi) is 5.71. The van der Waals surface area contributed by atoms with Crippen LogP contribution in [0.5, 0.6) is 0 Å². The highest BCUT2D eigenvalue weighted by Crippen LogP contribution is 2.17. The molecule has 0 aliphatic rings. The molecule has 1 unspecified atom stereocenters. The first kappa shape index (κ1) is 18.1. The number of sulfonamides is 1. The largest absolute Gasteiger partial charge is 0.447 e. The van der Waals surface area contributed by atoms with Gasteiger partial charge in [0.25, 0.3) is 5.91 Å². The minimum atomic E-state index is -3.65. The maximum absolute atomic E-state index is 12.3. The van der Waals surface area contributed by atoms with E-state index in [2.05, 4.69) is 15.0 Å². The average Bonchev–Trinajstić information content (AvgIpc) is 3.04. The minimum absolute atomic E-state index is 0.0708. The van der Waals surface area contributed by atoms with Gasteiger partial charge < -0.3 is 15.5 Å². The number of rotatable bonds is 7.